The lowest BCUT2D eigenvalue weighted by molar-refractivity contribution is -0.122. The number of para-hydroxylation sites is 1. The van der Waals surface area contributed by atoms with Crippen LogP contribution in [0.2, 0.25) is 0 Å². The number of carbonyl (C=O) groups is 2. The summed E-state index contributed by atoms with van der Waals surface area (Å²) in [5, 5.41) is 14.9. The van der Waals surface area contributed by atoms with Gasteiger partial charge in [0.15, 0.2) is 5.69 Å². The molecule has 3 aromatic rings. The van der Waals surface area contributed by atoms with Crippen LogP contribution in [-0.2, 0) is 11.3 Å². The van der Waals surface area contributed by atoms with E-state index in [2.05, 4.69) is 25.4 Å². The van der Waals surface area contributed by atoms with Gasteiger partial charge in [0.2, 0.25) is 5.91 Å². The maximum absolute atomic E-state index is 13.1. The van der Waals surface area contributed by atoms with E-state index in [0.29, 0.717) is 43.1 Å². The monoisotopic (exact) mass is 422 g/mol. The van der Waals surface area contributed by atoms with Gasteiger partial charge in [-0.3, -0.25) is 9.59 Å². The molecule has 0 saturated carbocycles. The van der Waals surface area contributed by atoms with Gasteiger partial charge in [-0.15, -0.1) is 0 Å². The third kappa shape index (κ3) is 4.82. The Morgan fingerprint density at radius 3 is 2.74 bits per heavy atom. The average Bonchev–Trinajstić information content (AvgIpc) is 3.37. The molecule has 1 aliphatic heterocycles. The van der Waals surface area contributed by atoms with Crippen LogP contribution in [0.3, 0.4) is 0 Å². The van der Waals surface area contributed by atoms with Crippen LogP contribution in [0.25, 0.3) is 5.69 Å². The molecule has 3 heterocycles. The second-order valence-electron chi connectivity index (χ2n) is 7.95. The largest absolute Gasteiger partial charge is 0.350 e. The summed E-state index contributed by atoms with van der Waals surface area (Å²) in [5.74, 6) is -0.0374. The van der Waals surface area contributed by atoms with Crippen molar-refractivity contribution >= 4 is 11.8 Å². The number of piperidine rings is 1. The molecule has 1 fully saturated rings. The van der Waals surface area contributed by atoms with Gasteiger partial charge in [0.05, 0.1) is 12.2 Å². The van der Waals surface area contributed by atoms with Gasteiger partial charge in [-0.05, 0) is 50.8 Å². The summed E-state index contributed by atoms with van der Waals surface area (Å²) in [6.45, 7) is 5.24. The van der Waals surface area contributed by atoms with Crippen LogP contribution in [0.4, 0.5) is 0 Å². The van der Waals surface area contributed by atoms with Gasteiger partial charge in [-0.1, -0.05) is 28.5 Å². The Morgan fingerprint density at radius 2 is 2.00 bits per heavy atom. The molecule has 9 nitrogen and oxygen atoms in total. The fourth-order valence-electron chi connectivity index (χ4n) is 3.91. The van der Waals surface area contributed by atoms with Crippen molar-refractivity contribution in [1.82, 2.24) is 30.3 Å². The third-order valence-electron chi connectivity index (χ3n) is 5.59. The Bertz CT molecular complexity index is 1060. The smallest absolute Gasteiger partial charge is 0.274 e. The minimum Gasteiger partial charge on any atom is -0.350 e. The molecule has 0 radical (unpaired) electrons. The molecule has 1 saturated heterocycles. The number of aryl methyl sites for hydroxylation is 2. The first kappa shape index (κ1) is 20.8. The molecule has 0 aliphatic carbocycles. The van der Waals surface area contributed by atoms with Crippen LogP contribution in [-0.4, -0.2) is 49.9 Å². The van der Waals surface area contributed by atoms with Crippen molar-refractivity contribution < 1.29 is 14.2 Å². The van der Waals surface area contributed by atoms with E-state index in [1.807, 2.05) is 48.2 Å². The van der Waals surface area contributed by atoms with Crippen LogP contribution in [0.1, 0.15) is 46.8 Å². The molecule has 0 bridgehead atoms. The molecule has 1 aromatic carbocycles. The van der Waals surface area contributed by atoms with Gasteiger partial charge in [0.1, 0.15) is 11.4 Å². The molecule has 1 atom stereocenters. The molecular formula is C22H26N6O3. The molecule has 2 aromatic heterocycles. The van der Waals surface area contributed by atoms with E-state index >= 15 is 0 Å². The van der Waals surface area contributed by atoms with E-state index in [1.54, 1.807) is 11.6 Å². The molecule has 162 valence electrons. The number of amides is 2. The Labute approximate surface area is 180 Å². The van der Waals surface area contributed by atoms with Crippen LogP contribution >= 0.6 is 0 Å². The normalized spacial score (nSPS) is 16.3. The molecule has 0 spiro atoms. The van der Waals surface area contributed by atoms with Gasteiger partial charge < -0.3 is 10.2 Å². The van der Waals surface area contributed by atoms with E-state index in [0.717, 1.165) is 24.2 Å². The summed E-state index contributed by atoms with van der Waals surface area (Å²) in [5.41, 5.74) is 3.54. The zero-order chi connectivity index (χ0) is 21.8. The number of carbonyl (C=O) groups excluding carboxylic acids is 2. The number of benzene rings is 1. The minimum absolute atomic E-state index is 0.0640. The standard InChI is InChI=1S/C22H26N6O3/c1-15-11-19(24-28(15)18-8-4-3-5-9-18)22(30)27-10-6-7-17(14-27)12-21(29)23-13-20-16(2)25-31-26-20/h3-5,8-9,11,17H,6-7,10,12-14H2,1-2H3,(H,23,29)/t17-/m0/s1. The van der Waals surface area contributed by atoms with Gasteiger partial charge >= 0.3 is 0 Å². The summed E-state index contributed by atoms with van der Waals surface area (Å²) in [7, 11) is 0. The van der Waals surface area contributed by atoms with Crippen molar-refractivity contribution in [3.05, 3.63) is 59.2 Å². The number of aromatic nitrogens is 4. The van der Waals surface area contributed by atoms with Crippen molar-refractivity contribution in [2.75, 3.05) is 13.1 Å². The third-order valence-corrected chi connectivity index (χ3v) is 5.59. The van der Waals surface area contributed by atoms with E-state index in [1.165, 1.54) is 0 Å². The summed E-state index contributed by atoms with van der Waals surface area (Å²) in [6, 6.07) is 11.6. The molecule has 4 rings (SSSR count). The van der Waals surface area contributed by atoms with Crippen molar-refractivity contribution in [1.29, 1.82) is 0 Å². The molecular weight excluding hydrogens is 396 g/mol. The highest BCUT2D eigenvalue weighted by Crippen LogP contribution is 2.22. The lowest BCUT2D eigenvalue weighted by Gasteiger charge is -2.32. The molecule has 31 heavy (non-hydrogen) atoms. The Morgan fingerprint density at radius 1 is 1.19 bits per heavy atom. The Kier molecular flexibility index (Phi) is 6.11. The number of nitrogens with one attached hydrogen (secondary N) is 1. The maximum Gasteiger partial charge on any atom is 0.274 e. The number of nitrogens with zero attached hydrogens (tertiary/aromatic N) is 5. The zero-order valence-electron chi connectivity index (χ0n) is 17.7. The van der Waals surface area contributed by atoms with Crippen LogP contribution in [0.5, 0.6) is 0 Å². The summed E-state index contributed by atoms with van der Waals surface area (Å²) in [6.07, 6.45) is 2.15. The second-order valence-corrected chi connectivity index (χ2v) is 7.95. The lowest BCUT2D eigenvalue weighted by atomic mass is 9.94. The van der Waals surface area contributed by atoms with Crippen molar-refractivity contribution in [2.24, 2.45) is 5.92 Å². The average molecular weight is 422 g/mol. The van der Waals surface area contributed by atoms with Crippen molar-refractivity contribution in [3.63, 3.8) is 0 Å². The molecule has 9 heteroatoms. The number of likely N-dealkylation sites (tertiary alicyclic amines) is 1. The van der Waals surface area contributed by atoms with Gasteiger partial charge in [-0.25, -0.2) is 9.31 Å². The number of hydrogen-bond donors (Lipinski definition) is 1. The SMILES string of the molecule is Cc1nonc1CNC(=O)C[C@@H]1CCCN(C(=O)c2cc(C)n(-c3ccccc3)n2)C1. The highest BCUT2D eigenvalue weighted by Gasteiger charge is 2.27. The van der Waals surface area contributed by atoms with Gasteiger partial charge in [0.25, 0.3) is 5.91 Å². The van der Waals surface area contributed by atoms with Crippen LogP contribution < -0.4 is 5.32 Å². The van der Waals surface area contributed by atoms with E-state index in [9.17, 15) is 9.59 Å². The van der Waals surface area contributed by atoms with Crippen LogP contribution in [0, 0.1) is 19.8 Å². The van der Waals surface area contributed by atoms with Gasteiger partial charge in [-0.2, -0.15) is 5.10 Å². The van der Waals surface area contributed by atoms with Crippen molar-refractivity contribution in [3.8, 4) is 5.69 Å². The maximum atomic E-state index is 13.1. The highest BCUT2D eigenvalue weighted by molar-refractivity contribution is 5.92. The van der Waals surface area contributed by atoms with Crippen LogP contribution in [0.15, 0.2) is 41.0 Å². The molecule has 1 aliphatic rings. The zero-order valence-corrected chi connectivity index (χ0v) is 17.7. The van der Waals surface area contributed by atoms with E-state index in [4.69, 9.17) is 0 Å². The lowest BCUT2D eigenvalue weighted by Crippen LogP contribution is -2.41. The number of rotatable bonds is 6. The first-order valence-electron chi connectivity index (χ1n) is 10.5. The van der Waals surface area contributed by atoms with Crippen molar-refractivity contribution in [2.45, 2.75) is 39.7 Å². The fraction of sp³-hybridized carbons (Fsp3) is 0.409. The topological polar surface area (TPSA) is 106 Å². The predicted octanol–water partition coefficient (Wildman–Crippen LogP) is 2.43. The Balaban J connectivity index is 1.35. The summed E-state index contributed by atoms with van der Waals surface area (Å²) >= 11 is 0. The first-order chi connectivity index (χ1) is 15.0. The quantitative estimate of drug-likeness (QED) is 0.654. The number of hydrogen-bond acceptors (Lipinski definition) is 6. The highest BCUT2D eigenvalue weighted by atomic mass is 16.6. The molecule has 0 unspecified atom stereocenters. The summed E-state index contributed by atoms with van der Waals surface area (Å²) in [4.78, 5) is 27.2. The Hall–Kier alpha value is -3.49. The first-order valence-corrected chi connectivity index (χ1v) is 10.5. The summed E-state index contributed by atoms with van der Waals surface area (Å²) < 4.78 is 6.43. The minimum atomic E-state index is -0.0906. The van der Waals surface area contributed by atoms with E-state index in [-0.39, 0.29) is 17.7 Å². The fourth-order valence-corrected chi connectivity index (χ4v) is 3.91. The van der Waals surface area contributed by atoms with Gasteiger partial charge in [0, 0.05) is 25.2 Å². The molecule has 2 amide bonds. The molecule has 1 N–H and O–H groups in total. The second kappa shape index (κ2) is 9.11. The predicted molar refractivity (Wildman–Crippen MR) is 112 cm³/mol. The van der Waals surface area contributed by atoms with E-state index < -0.39 is 0 Å².